The number of nitrogens with one attached hydrogen (secondary N) is 1. The number of imidazole rings is 1. The largest absolute Gasteiger partial charge is 0.495 e. The van der Waals surface area contributed by atoms with Crippen LogP contribution in [0.25, 0.3) is 17.0 Å². The van der Waals surface area contributed by atoms with Gasteiger partial charge in [0.25, 0.3) is 5.91 Å². The molecule has 0 aliphatic heterocycles. The lowest BCUT2D eigenvalue weighted by Crippen LogP contribution is -2.11. The summed E-state index contributed by atoms with van der Waals surface area (Å²) in [6.45, 7) is 0. The van der Waals surface area contributed by atoms with Crippen LogP contribution in [-0.4, -0.2) is 27.4 Å². The summed E-state index contributed by atoms with van der Waals surface area (Å²) in [4.78, 5) is 21.7. The minimum atomic E-state index is -0.242. The van der Waals surface area contributed by atoms with Crippen LogP contribution in [0, 0.1) is 0 Å². The highest BCUT2D eigenvalue weighted by Gasteiger charge is 2.14. The lowest BCUT2D eigenvalue weighted by molar-refractivity contribution is 0.103. The molecule has 0 saturated heterocycles. The molecule has 4 rings (SSSR count). The van der Waals surface area contributed by atoms with Gasteiger partial charge in [0.1, 0.15) is 5.75 Å². The summed E-state index contributed by atoms with van der Waals surface area (Å²) in [5.41, 5.74) is 2.15. The minimum absolute atomic E-state index is 0.242. The second-order valence-electron chi connectivity index (χ2n) is 5.43. The number of thiophene rings is 1. The molecule has 6 nitrogen and oxygen atoms in total. The number of aromatic nitrogens is 3. The molecule has 8 heteroatoms. The highest BCUT2D eigenvalue weighted by molar-refractivity contribution is 7.18. The molecule has 0 unspecified atom stereocenters. The molecule has 1 N–H and O–H groups in total. The van der Waals surface area contributed by atoms with Crippen LogP contribution in [-0.2, 0) is 0 Å². The molecule has 0 bridgehead atoms. The monoisotopic (exact) mass is 384 g/mol. The van der Waals surface area contributed by atoms with Crippen LogP contribution in [0.5, 0.6) is 5.75 Å². The van der Waals surface area contributed by atoms with Crippen molar-refractivity contribution < 1.29 is 9.53 Å². The third-order valence-electron chi connectivity index (χ3n) is 3.78. The number of halogens is 1. The molecule has 1 aromatic carbocycles. The van der Waals surface area contributed by atoms with Crippen LogP contribution in [0.1, 0.15) is 9.67 Å². The highest BCUT2D eigenvalue weighted by atomic mass is 35.5. The molecule has 0 spiro atoms. The highest BCUT2D eigenvalue weighted by Crippen LogP contribution is 2.31. The molecule has 0 aliphatic rings. The van der Waals surface area contributed by atoms with Crippen LogP contribution in [0.4, 0.5) is 5.69 Å². The quantitative estimate of drug-likeness (QED) is 0.567. The second-order valence-corrected chi connectivity index (χ2v) is 7.14. The number of fused-ring (bicyclic) bond motifs is 1. The number of hydrogen-bond acceptors (Lipinski definition) is 5. The van der Waals surface area contributed by atoms with Crippen LogP contribution in [0.3, 0.4) is 0 Å². The average molecular weight is 385 g/mol. The summed E-state index contributed by atoms with van der Waals surface area (Å²) in [7, 11) is 1.56. The molecule has 0 saturated carbocycles. The molecular formula is C18H13ClN4O2S. The van der Waals surface area contributed by atoms with Crippen molar-refractivity contribution in [2.24, 2.45) is 0 Å². The van der Waals surface area contributed by atoms with E-state index in [0.29, 0.717) is 26.4 Å². The Labute approximate surface area is 158 Å². The SMILES string of the molecule is COc1ccc(-c2cn3cccnc3n2)cc1NC(=O)c1ccc(Cl)s1. The summed E-state index contributed by atoms with van der Waals surface area (Å²) in [6, 6.07) is 10.7. The number of amides is 1. The first-order valence-corrected chi connectivity index (χ1v) is 8.88. The van der Waals surface area contributed by atoms with E-state index in [1.54, 1.807) is 31.5 Å². The topological polar surface area (TPSA) is 68.5 Å². The number of anilines is 1. The van der Waals surface area contributed by atoms with E-state index in [4.69, 9.17) is 16.3 Å². The van der Waals surface area contributed by atoms with Gasteiger partial charge in [-0.1, -0.05) is 11.6 Å². The number of hydrogen-bond donors (Lipinski definition) is 1. The molecule has 1 amide bonds. The maximum absolute atomic E-state index is 12.4. The summed E-state index contributed by atoms with van der Waals surface area (Å²) in [5.74, 6) is 0.929. The maximum Gasteiger partial charge on any atom is 0.265 e. The molecular weight excluding hydrogens is 372 g/mol. The molecule has 130 valence electrons. The van der Waals surface area contributed by atoms with Crippen molar-refractivity contribution in [2.75, 3.05) is 12.4 Å². The van der Waals surface area contributed by atoms with Crippen molar-refractivity contribution >= 4 is 40.3 Å². The minimum Gasteiger partial charge on any atom is -0.495 e. The fraction of sp³-hybridized carbons (Fsp3) is 0.0556. The Balaban J connectivity index is 1.69. The van der Waals surface area contributed by atoms with Gasteiger partial charge in [-0.2, -0.15) is 0 Å². The van der Waals surface area contributed by atoms with E-state index >= 15 is 0 Å². The van der Waals surface area contributed by atoms with Crippen molar-refractivity contribution in [1.29, 1.82) is 0 Å². The number of ether oxygens (including phenoxy) is 1. The molecule has 0 aliphatic carbocycles. The molecule has 3 aromatic heterocycles. The Hall–Kier alpha value is -2.90. The van der Waals surface area contributed by atoms with Crippen molar-refractivity contribution in [2.45, 2.75) is 0 Å². The van der Waals surface area contributed by atoms with Gasteiger partial charge in [-0.05, 0) is 36.4 Å². The van der Waals surface area contributed by atoms with Gasteiger partial charge in [-0.15, -0.1) is 11.3 Å². The maximum atomic E-state index is 12.4. The molecule has 0 radical (unpaired) electrons. The van der Waals surface area contributed by atoms with Crippen LogP contribution in [0.2, 0.25) is 4.34 Å². The zero-order valence-corrected chi connectivity index (χ0v) is 15.2. The molecule has 4 aromatic rings. The number of benzene rings is 1. The lowest BCUT2D eigenvalue weighted by Gasteiger charge is -2.11. The van der Waals surface area contributed by atoms with Crippen molar-refractivity contribution in [3.63, 3.8) is 0 Å². The number of carbonyl (C=O) groups excluding carboxylic acids is 1. The normalized spacial score (nSPS) is 10.8. The van der Waals surface area contributed by atoms with E-state index in [0.717, 1.165) is 11.3 Å². The van der Waals surface area contributed by atoms with Gasteiger partial charge in [-0.25, -0.2) is 9.97 Å². The Morgan fingerprint density at radius 1 is 1.31 bits per heavy atom. The molecule has 3 heterocycles. The predicted octanol–water partition coefficient (Wildman–Crippen LogP) is 4.37. The Morgan fingerprint density at radius 2 is 2.19 bits per heavy atom. The Morgan fingerprint density at radius 3 is 2.92 bits per heavy atom. The summed E-state index contributed by atoms with van der Waals surface area (Å²) in [5, 5.41) is 2.87. The predicted molar refractivity (Wildman–Crippen MR) is 102 cm³/mol. The number of nitrogens with zero attached hydrogens (tertiary/aromatic N) is 3. The summed E-state index contributed by atoms with van der Waals surface area (Å²) >= 11 is 7.13. The van der Waals surface area contributed by atoms with E-state index in [1.165, 1.54) is 11.3 Å². The van der Waals surface area contributed by atoms with Crippen LogP contribution < -0.4 is 10.1 Å². The van der Waals surface area contributed by atoms with Crippen LogP contribution >= 0.6 is 22.9 Å². The first-order chi connectivity index (χ1) is 12.6. The van der Waals surface area contributed by atoms with Gasteiger partial charge in [0.2, 0.25) is 5.78 Å². The van der Waals surface area contributed by atoms with E-state index in [1.807, 2.05) is 35.0 Å². The van der Waals surface area contributed by atoms with Gasteiger partial charge in [0.05, 0.1) is 27.7 Å². The lowest BCUT2D eigenvalue weighted by atomic mass is 10.1. The fourth-order valence-electron chi connectivity index (χ4n) is 2.55. The van der Waals surface area contributed by atoms with E-state index in [2.05, 4.69) is 15.3 Å². The smallest absolute Gasteiger partial charge is 0.265 e. The molecule has 0 atom stereocenters. The van der Waals surface area contributed by atoms with E-state index < -0.39 is 0 Å². The Bertz CT molecular complexity index is 1070. The molecule has 0 fully saturated rings. The summed E-state index contributed by atoms with van der Waals surface area (Å²) < 4.78 is 7.76. The average Bonchev–Trinajstić information content (AvgIpc) is 3.27. The van der Waals surface area contributed by atoms with E-state index in [-0.39, 0.29) is 5.91 Å². The zero-order chi connectivity index (χ0) is 18.1. The zero-order valence-electron chi connectivity index (χ0n) is 13.6. The van der Waals surface area contributed by atoms with Gasteiger partial charge < -0.3 is 10.1 Å². The van der Waals surface area contributed by atoms with Crippen molar-refractivity contribution in [3.05, 3.63) is 64.2 Å². The van der Waals surface area contributed by atoms with Crippen molar-refractivity contribution in [1.82, 2.24) is 14.4 Å². The Kier molecular flexibility index (Phi) is 4.32. The fourth-order valence-corrected chi connectivity index (χ4v) is 3.49. The molecule has 26 heavy (non-hydrogen) atoms. The number of carbonyl (C=O) groups is 1. The third kappa shape index (κ3) is 3.14. The number of methoxy groups -OCH3 is 1. The second kappa shape index (κ2) is 6.78. The van der Waals surface area contributed by atoms with Gasteiger partial charge >= 0.3 is 0 Å². The van der Waals surface area contributed by atoms with Crippen LogP contribution in [0.15, 0.2) is 55.0 Å². The van der Waals surface area contributed by atoms with E-state index in [9.17, 15) is 4.79 Å². The standard InChI is InChI=1S/C18H13ClN4O2S/c1-25-14-4-3-11(13-10-23-8-2-7-20-18(23)22-13)9-12(14)21-17(24)15-5-6-16(19)26-15/h2-10H,1H3,(H,21,24). The third-order valence-corrected chi connectivity index (χ3v) is 5.01. The van der Waals surface area contributed by atoms with Gasteiger partial charge in [0, 0.05) is 24.2 Å². The van der Waals surface area contributed by atoms with Gasteiger partial charge in [-0.3, -0.25) is 9.20 Å². The van der Waals surface area contributed by atoms with Gasteiger partial charge in [0.15, 0.2) is 0 Å². The first-order valence-electron chi connectivity index (χ1n) is 7.69. The number of rotatable bonds is 4. The van der Waals surface area contributed by atoms with Crippen molar-refractivity contribution in [3.8, 4) is 17.0 Å². The summed E-state index contributed by atoms with van der Waals surface area (Å²) in [6.07, 6.45) is 5.46. The first kappa shape index (κ1) is 16.6.